The van der Waals surface area contributed by atoms with E-state index >= 15 is 0 Å². The number of hydrogen-bond donors (Lipinski definition) is 0. The van der Waals surface area contributed by atoms with Crippen LogP contribution >= 0.6 is 0 Å². The van der Waals surface area contributed by atoms with Gasteiger partial charge in [-0.05, 0) is 134 Å². The fourth-order valence-corrected chi connectivity index (χ4v) is 5.59. The zero-order chi connectivity index (χ0) is 29.3. The second-order valence-corrected chi connectivity index (χ2v) is 10.9. The van der Waals surface area contributed by atoms with Crippen LogP contribution in [0.2, 0.25) is 0 Å². The van der Waals surface area contributed by atoms with E-state index < -0.39 is 0 Å². The number of methoxy groups -OCH3 is 1. The van der Waals surface area contributed by atoms with E-state index in [4.69, 9.17) is 9.47 Å². The van der Waals surface area contributed by atoms with Gasteiger partial charge in [-0.25, -0.2) is 4.79 Å². The van der Waals surface area contributed by atoms with Crippen LogP contribution in [-0.2, 0) is 0 Å². The molecule has 0 heterocycles. The molecule has 4 nitrogen and oxygen atoms in total. The van der Waals surface area contributed by atoms with Crippen LogP contribution in [0.25, 0.3) is 11.1 Å². The summed E-state index contributed by atoms with van der Waals surface area (Å²) in [5.41, 5.74) is 11.5. The second-order valence-electron chi connectivity index (χ2n) is 10.9. The zero-order valence-electron chi connectivity index (χ0n) is 25.0. The van der Waals surface area contributed by atoms with Gasteiger partial charge in [0.1, 0.15) is 11.5 Å². The van der Waals surface area contributed by atoms with Gasteiger partial charge in [0.05, 0.1) is 12.7 Å². The van der Waals surface area contributed by atoms with Crippen molar-refractivity contribution in [2.24, 2.45) is 0 Å². The Labute approximate surface area is 238 Å². The molecule has 0 aromatic heterocycles. The molecule has 4 rings (SSSR count). The first-order valence-electron chi connectivity index (χ1n) is 13.6. The van der Waals surface area contributed by atoms with Crippen molar-refractivity contribution in [3.8, 4) is 22.6 Å². The number of carbonyl (C=O) groups is 2. The van der Waals surface area contributed by atoms with Gasteiger partial charge >= 0.3 is 5.97 Å². The fraction of sp³-hybridized carbons (Fsp3) is 0.278. The Hall–Kier alpha value is -4.18. The summed E-state index contributed by atoms with van der Waals surface area (Å²) >= 11 is 0. The van der Waals surface area contributed by atoms with Gasteiger partial charge in [0.25, 0.3) is 0 Å². The number of aryl methyl sites for hydroxylation is 6. The average Bonchev–Trinajstić information content (AvgIpc) is 2.89. The Kier molecular flexibility index (Phi) is 8.29. The Morgan fingerprint density at radius 3 is 1.43 bits per heavy atom. The van der Waals surface area contributed by atoms with Crippen molar-refractivity contribution in [1.29, 1.82) is 0 Å². The minimum absolute atomic E-state index is 0.0708. The van der Waals surface area contributed by atoms with E-state index in [0.29, 0.717) is 11.3 Å². The van der Waals surface area contributed by atoms with Gasteiger partial charge in [0, 0.05) is 11.5 Å². The molecule has 206 valence electrons. The van der Waals surface area contributed by atoms with Gasteiger partial charge in [-0.3, -0.25) is 4.79 Å². The maximum atomic E-state index is 13.3. The first kappa shape index (κ1) is 28.8. The van der Waals surface area contributed by atoms with Crippen molar-refractivity contribution < 1.29 is 19.1 Å². The molecule has 4 aromatic carbocycles. The zero-order valence-corrected chi connectivity index (χ0v) is 25.0. The molecule has 0 radical (unpaired) electrons. The molecule has 0 bridgehead atoms. The SMILES string of the molecule is COc1c(C)cc(-c2cc(C)c(OC(=O)c3ccc(C(C)c4ccc(C(C)=O)c(C)c4)cc3C)c(C)c2)cc1C. The predicted molar refractivity (Wildman–Crippen MR) is 162 cm³/mol. The van der Waals surface area contributed by atoms with Crippen LogP contribution in [0.1, 0.15) is 85.0 Å². The Morgan fingerprint density at radius 1 is 0.600 bits per heavy atom. The molecule has 4 heteroatoms. The number of ketones is 1. The van der Waals surface area contributed by atoms with Crippen molar-refractivity contribution >= 4 is 11.8 Å². The van der Waals surface area contributed by atoms with Crippen molar-refractivity contribution in [3.63, 3.8) is 0 Å². The standard InChI is InChI=1S/C36H38O4/c1-20-14-28(10-12-32(20)27(8)37)26(7)29-11-13-33(21(2)15-29)36(38)40-35-24(5)18-31(19-25(35)6)30-16-22(3)34(39-9)23(4)17-30/h10-19,26H,1-9H3. The van der Waals surface area contributed by atoms with Crippen molar-refractivity contribution in [1.82, 2.24) is 0 Å². The summed E-state index contributed by atoms with van der Waals surface area (Å²) in [6, 6.07) is 20.2. The molecule has 0 spiro atoms. The highest BCUT2D eigenvalue weighted by molar-refractivity contribution is 5.95. The molecule has 0 N–H and O–H groups in total. The van der Waals surface area contributed by atoms with Crippen LogP contribution in [0.5, 0.6) is 11.5 Å². The number of Topliss-reactive ketones (excluding diaryl/α,β-unsaturated/α-hetero) is 1. The van der Waals surface area contributed by atoms with Gasteiger partial charge in [-0.1, -0.05) is 37.3 Å². The molecule has 0 aliphatic carbocycles. The van der Waals surface area contributed by atoms with E-state index in [-0.39, 0.29) is 17.7 Å². The molecule has 0 amide bonds. The maximum Gasteiger partial charge on any atom is 0.343 e. The summed E-state index contributed by atoms with van der Waals surface area (Å²) in [7, 11) is 1.69. The first-order valence-corrected chi connectivity index (χ1v) is 13.6. The van der Waals surface area contributed by atoms with E-state index in [1.807, 2.05) is 71.9 Å². The van der Waals surface area contributed by atoms with Crippen LogP contribution in [0.15, 0.2) is 60.7 Å². The molecule has 0 fully saturated rings. The van der Waals surface area contributed by atoms with E-state index in [0.717, 1.165) is 66.9 Å². The summed E-state index contributed by atoms with van der Waals surface area (Å²) in [6.45, 7) is 15.7. The minimum Gasteiger partial charge on any atom is -0.496 e. The van der Waals surface area contributed by atoms with Crippen molar-refractivity contribution in [2.45, 2.75) is 61.3 Å². The predicted octanol–water partition coefficient (Wildman–Crippen LogP) is 8.79. The lowest BCUT2D eigenvalue weighted by molar-refractivity contribution is 0.0731. The Bertz CT molecular complexity index is 1580. The molecule has 0 saturated heterocycles. The summed E-state index contributed by atoms with van der Waals surface area (Å²) in [6.07, 6.45) is 0. The normalized spacial score (nSPS) is 11.7. The molecule has 1 unspecified atom stereocenters. The van der Waals surface area contributed by atoms with Crippen molar-refractivity contribution in [2.75, 3.05) is 7.11 Å². The van der Waals surface area contributed by atoms with E-state index in [1.165, 1.54) is 0 Å². The fourth-order valence-electron chi connectivity index (χ4n) is 5.59. The maximum absolute atomic E-state index is 13.3. The summed E-state index contributed by atoms with van der Waals surface area (Å²) < 4.78 is 11.5. The summed E-state index contributed by atoms with van der Waals surface area (Å²) in [5, 5.41) is 0. The summed E-state index contributed by atoms with van der Waals surface area (Å²) in [5.74, 6) is 1.31. The number of ether oxygens (including phenoxy) is 2. The average molecular weight is 535 g/mol. The van der Waals surface area contributed by atoms with Crippen LogP contribution < -0.4 is 9.47 Å². The van der Waals surface area contributed by atoms with Gasteiger partial charge in [-0.15, -0.1) is 0 Å². The smallest absolute Gasteiger partial charge is 0.343 e. The first-order chi connectivity index (χ1) is 18.9. The third-order valence-electron chi connectivity index (χ3n) is 7.75. The highest BCUT2D eigenvalue weighted by Gasteiger charge is 2.19. The Morgan fingerprint density at radius 2 is 1.02 bits per heavy atom. The number of esters is 1. The lowest BCUT2D eigenvalue weighted by Gasteiger charge is -2.17. The van der Waals surface area contributed by atoms with Crippen molar-refractivity contribution in [3.05, 3.63) is 116 Å². The number of hydrogen-bond acceptors (Lipinski definition) is 4. The quantitative estimate of drug-likeness (QED) is 0.135. The van der Waals surface area contributed by atoms with Gasteiger partial charge in [-0.2, -0.15) is 0 Å². The molecule has 0 saturated carbocycles. The van der Waals surface area contributed by atoms with Gasteiger partial charge in [0.2, 0.25) is 0 Å². The van der Waals surface area contributed by atoms with E-state index in [2.05, 4.69) is 37.3 Å². The molecule has 4 aromatic rings. The van der Waals surface area contributed by atoms with E-state index in [1.54, 1.807) is 14.0 Å². The van der Waals surface area contributed by atoms with Crippen LogP contribution in [-0.4, -0.2) is 18.9 Å². The highest BCUT2D eigenvalue weighted by atomic mass is 16.5. The van der Waals surface area contributed by atoms with E-state index in [9.17, 15) is 9.59 Å². The van der Waals surface area contributed by atoms with Gasteiger partial charge < -0.3 is 9.47 Å². The molecule has 0 aliphatic heterocycles. The van der Waals surface area contributed by atoms with Crippen LogP contribution in [0.4, 0.5) is 0 Å². The third-order valence-corrected chi connectivity index (χ3v) is 7.75. The molecule has 40 heavy (non-hydrogen) atoms. The molecule has 0 aliphatic rings. The highest BCUT2D eigenvalue weighted by Crippen LogP contribution is 2.35. The molecule has 1 atom stereocenters. The minimum atomic E-state index is -0.367. The summed E-state index contributed by atoms with van der Waals surface area (Å²) in [4.78, 5) is 25.1. The van der Waals surface area contributed by atoms with Crippen LogP contribution in [0, 0.1) is 41.5 Å². The number of rotatable bonds is 7. The third kappa shape index (κ3) is 5.72. The lowest BCUT2D eigenvalue weighted by Crippen LogP contribution is -2.12. The number of benzene rings is 4. The van der Waals surface area contributed by atoms with Gasteiger partial charge in [0.15, 0.2) is 5.78 Å². The molecular weight excluding hydrogens is 496 g/mol. The molecular formula is C36H38O4. The number of carbonyl (C=O) groups excluding carboxylic acids is 2. The van der Waals surface area contributed by atoms with Crippen LogP contribution in [0.3, 0.4) is 0 Å². The second kappa shape index (κ2) is 11.5. The Balaban J connectivity index is 1.56. The lowest BCUT2D eigenvalue weighted by atomic mass is 9.89. The topological polar surface area (TPSA) is 52.6 Å². The largest absolute Gasteiger partial charge is 0.496 e. The monoisotopic (exact) mass is 534 g/mol.